The zero-order valence-electron chi connectivity index (χ0n) is 25.1. The number of carbonyl (C=O) groups is 2. The van der Waals surface area contributed by atoms with Crippen LogP contribution in [0.1, 0.15) is 60.5 Å². The average molecular weight is 600 g/mol. The van der Waals surface area contributed by atoms with E-state index in [0.717, 1.165) is 0 Å². The molecule has 0 aliphatic carbocycles. The molecule has 226 valence electrons. The number of benzene rings is 3. The van der Waals surface area contributed by atoms with E-state index >= 15 is 0 Å². The van der Waals surface area contributed by atoms with Crippen LogP contribution in [0.5, 0.6) is 23.0 Å². The van der Waals surface area contributed by atoms with Crippen LogP contribution in [0, 0.1) is 41.5 Å². The van der Waals surface area contributed by atoms with E-state index in [1.807, 2.05) is 6.92 Å². The summed E-state index contributed by atoms with van der Waals surface area (Å²) in [7, 11) is -0.801. The summed E-state index contributed by atoms with van der Waals surface area (Å²) in [5.41, 5.74) is 3.43. The zero-order chi connectivity index (χ0) is 31.4. The van der Waals surface area contributed by atoms with Crippen LogP contribution in [0.4, 0.5) is 0 Å². The summed E-state index contributed by atoms with van der Waals surface area (Å²) in [6.45, 7) is 10.7. The van der Waals surface area contributed by atoms with Crippen LogP contribution in [0.2, 0.25) is 0 Å². The van der Waals surface area contributed by atoms with Gasteiger partial charge in [-0.1, -0.05) is 18.2 Å². The van der Waals surface area contributed by atoms with Crippen LogP contribution in [-0.4, -0.2) is 52.8 Å². The molecule has 0 spiro atoms. The van der Waals surface area contributed by atoms with Gasteiger partial charge in [0.1, 0.15) is 34.1 Å². The van der Waals surface area contributed by atoms with Gasteiger partial charge in [0.15, 0.2) is 0 Å². The Hall–Kier alpha value is -4.09. The lowest BCUT2D eigenvalue weighted by Crippen LogP contribution is -2.26. The molecule has 42 heavy (non-hydrogen) atoms. The van der Waals surface area contributed by atoms with Crippen molar-refractivity contribution in [1.82, 2.24) is 4.72 Å². The third-order valence-electron chi connectivity index (χ3n) is 7.31. The van der Waals surface area contributed by atoms with Gasteiger partial charge in [0.05, 0.1) is 25.7 Å². The van der Waals surface area contributed by atoms with Crippen molar-refractivity contribution in [2.75, 3.05) is 27.4 Å². The Labute approximate surface area is 246 Å². The van der Waals surface area contributed by atoms with Crippen molar-refractivity contribution in [2.24, 2.45) is 0 Å². The molecule has 10 nitrogen and oxygen atoms in total. The average Bonchev–Trinajstić information content (AvgIpc) is 2.96. The molecular weight excluding hydrogens is 562 g/mol. The molecule has 0 aliphatic rings. The quantitative estimate of drug-likeness (QED) is 0.163. The maximum Gasteiger partial charge on any atom is 0.347 e. The molecule has 0 aliphatic heterocycles. The van der Waals surface area contributed by atoms with Gasteiger partial charge in [-0.2, -0.15) is 0 Å². The molecule has 0 amide bonds. The zero-order valence-corrected chi connectivity index (χ0v) is 25.9. The normalized spacial score (nSPS) is 11.2. The first-order valence-corrected chi connectivity index (χ1v) is 14.7. The Morgan fingerprint density at radius 3 is 1.83 bits per heavy atom. The van der Waals surface area contributed by atoms with Crippen LogP contribution in [0.25, 0.3) is 0 Å². The molecule has 3 aromatic carbocycles. The number of sulfonamides is 1. The van der Waals surface area contributed by atoms with Crippen molar-refractivity contribution in [3.8, 4) is 23.0 Å². The first kappa shape index (κ1) is 32.4. The van der Waals surface area contributed by atoms with Crippen molar-refractivity contribution in [3.05, 3.63) is 74.8 Å². The van der Waals surface area contributed by atoms with Crippen molar-refractivity contribution in [3.63, 3.8) is 0 Å². The Balaban J connectivity index is 1.84. The number of carbonyl (C=O) groups excluding carboxylic acids is 1. The summed E-state index contributed by atoms with van der Waals surface area (Å²) in [6, 6.07) is 8.12. The smallest absolute Gasteiger partial charge is 0.347 e. The SMILES string of the molecule is COc1c(C)c(OC(=O)c2c(C)c(C)c(OCCCNS(=O)(=O)c3ccccc3)c(C)c2OC)c(C)c(C)c1C(=O)O. The Bertz CT molecular complexity index is 1610. The van der Waals surface area contributed by atoms with Crippen molar-refractivity contribution < 1.29 is 42.1 Å². The predicted octanol–water partition coefficient (Wildman–Crippen LogP) is 5.22. The summed E-state index contributed by atoms with van der Waals surface area (Å²) in [5, 5.41) is 9.70. The third kappa shape index (κ3) is 6.37. The molecular formula is C31H37NO9S. The minimum Gasteiger partial charge on any atom is -0.495 e. The highest BCUT2D eigenvalue weighted by molar-refractivity contribution is 7.89. The minimum atomic E-state index is -3.61. The van der Waals surface area contributed by atoms with E-state index in [2.05, 4.69) is 4.72 Å². The molecule has 0 aromatic heterocycles. The van der Waals surface area contributed by atoms with E-state index in [0.29, 0.717) is 45.6 Å². The van der Waals surface area contributed by atoms with E-state index in [1.54, 1.807) is 52.8 Å². The van der Waals surface area contributed by atoms with Crippen LogP contribution in [0.15, 0.2) is 35.2 Å². The molecule has 0 saturated carbocycles. The third-order valence-corrected chi connectivity index (χ3v) is 8.78. The van der Waals surface area contributed by atoms with Gasteiger partial charge in [0, 0.05) is 17.7 Å². The van der Waals surface area contributed by atoms with E-state index in [9.17, 15) is 23.1 Å². The van der Waals surface area contributed by atoms with Gasteiger partial charge in [0.25, 0.3) is 0 Å². The topological polar surface area (TPSA) is 137 Å². The Morgan fingerprint density at radius 1 is 0.738 bits per heavy atom. The number of carboxylic acid groups (broad SMARTS) is 1. The molecule has 0 unspecified atom stereocenters. The lowest BCUT2D eigenvalue weighted by Gasteiger charge is -2.22. The number of rotatable bonds is 12. The summed E-state index contributed by atoms with van der Waals surface area (Å²) in [6.07, 6.45) is 0.405. The molecule has 3 rings (SSSR count). The van der Waals surface area contributed by atoms with Gasteiger partial charge < -0.3 is 24.1 Å². The van der Waals surface area contributed by atoms with E-state index in [-0.39, 0.29) is 46.4 Å². The summed E-state index contributed by atoms with van der Waals surface area (Å²) < 4.78 is 50.4. The van der Waals surface area contributed by atoms with Gasteiger partial charge in [0.2, 0.25) is 10.0 Å². The fourth-order valence-corrected chi connectivity index (χ4v) is 5.96. The van der Waals surface area contributed by atoms with E-state index < -0.39 is 22.0 Å². The minimum absolute atomic E-state index is 0.0158. The number of hydrogen-bond acceptors (Lipinski definition) is 8. The fraction of sp³-hybridized carbons (Fsp3) is 0.355. The highest BCUT2D eigenvalue weighted by Crippen LogP contribution is 2.41. The van der Waals surface area contributed by atoms with Crippen molar-refractivity contribution in [2.45, 2.75) is 52.9 Å². The van der Waals surface area contributed by atoms with Gasteiger partial charge in [-0.05, 0) is 82.3 Å². The molecule has 0 heterocycles. The molecule has 0 atom stereocenters. The molecule has 0 saturated heterocycles. The highest BCUT2D eigenvalue weighted by Gasteiger charge is 2.29. The largest absolute Gasteiger partial charge is 0.495 e. The second-order valence-corrected chi connectivity index (χ2v) is 11.6. The van der Waals surface area contributed by atoms with Crippen LogP contribution in [0.3, 0.4) is 0 Å². The lowest BCUT2D eigenvalue weighted by atomic mass is 9.96. The lowest BCUT2D eigenvalue weighted by molar-refractivity contribution is 0.0692. The summed E-state index contributed by atoms with van der Waals surface area (Å²) in [5.74, 6) is -0.658. The first-order chi connectivity index (χ1) is 19.8. The number of aromatic carboxylic acids is 1. The Morgan fingerprint density at radius 2 is 1.26 bits per heavy atom. The van der Waals surface area contributed by atoms with Crippen molar-refractivity contribution in [1.29, 1.82) is 0 Å². The van der Waals surface area contributed by atoms with Crippen molar-refractivity contribution >= 4 is 22.0 Å². The number of esters is 1. The van der Waals surface area contributed by atoms with Gasteiger partial charge >= 0.3 is 11.9 Å². The van der Waals surface area contributed by atoms with Gasteiger partial charge in [-0.15, -0.1) is 0 Å². The summed E-state index contributed by atoms with van der Waals surface area (Å²) in [4.78, 5) is 25.7. The highest BCUT2D eigenvalue weighted by atomic mass is 32.2. The molecule has 0 fully saturated rings. The number of nitrogens with one attached hydrogen (secondary N) is 1. The molecule has 3 aromatic rings. The second kappa shape index (κ2) is 13.3. The van der Waals surface area contributed by atoms with Crippen LogP contribution in [-0.2, 0) is 10.0 Å². The van der Waals surface area contributed by atoms with E-state index in [4.69, 9.17) is 18.9 Å². The standard InChI is InChI=1S/C31H37NO9S/c1-17-20(4)27(22(6)28(38-7)24(17)30(33)34)41-31(35)25-18(2)19(3)26(21(5)29(25)39-8)40-16-12-15-32-42(36,37)23-13-10-9-11-14-23/h9-11,13-14,32H,12,15-16H2,1-8H3,(H,33,34). The molecule has 0 radical (unpaired) electrons. The second-order valence-electron chi connectivity index (χ2n) is 9.83. The molecule has 2 N–H and O–H groups in total. The number of ether oxygens (including phenoxy) is 4. The monoisotopic (exact) mass is 599 g/mol. The predicted molar refractivity (Wildman–Crippen MR) is 158 cm³/mol. The van der Waals surface area contributed by atoms with Crippen LogP contribution >= 0.6 is 0 Å². The Kier molecular flexibility index (Phi) is 10.2. The summed E-state index contributed by atoms with van der Waals surface area (Å²) >= 11 is 0. The van der Waals surface area contributed by atoms with Gasteiger partial charge in [-0.3, -0.25) is 0 Å². The number of carboxylic acids is 1. The number of methoxy groups -OCH3 is 2. The first-order valence-electron chi connectivity index (χ1n) is 13.3. The van der Waals surface area contributed by atoms with Gasteiger partial charge in [-0.25, -0.2) is 22.7 Å². The van der Waals surface area contributed by atoms with Crippen LogP contribution < -0.4 is 23.7 Å². The maximum absolute atomic E-state index is 13.6. The fourth-order valence-electron chi connectivity index (χ4n) is 4.86. The maximum atomic E-state index is 13.6. The molecule has 11 heteroatoms. The molecule has 0 bridgehead atoms. The van der Waals surface area contributed by atoms with E-state index in [1.165, 1.54) is 26.4 Å². The number of hydrogen-bond donors (Lipinski definition) is 2.